The van der Waals surface area contributed by atoms with E-state index in [9.17, 15) is 0 Å². The van der Waals surface area contributed by atoms with Gasteiger partial charge in [-0.15, -0.1) is 0 Å². The summed E-state index contributed by atoms with van der Waals surface area (Å²) in [6, 6.07) is 0. The Hall–Kier alpha value is -0.380. The number of halogens is 2. The predicted molar refractivity (Wildman–Crippen MR) is 61.4 cm³/mol. The molecule has 0 atom stereocenters. The van der Waals surface area contributed by atoms with Crippen molar-refractivity contribution in [2.24, 2.45) is 5.92 Å². The van der Waals surface area contributed by atoms with Crippen molar-refractivity contribution in [1.82, 2.24) is 14.9 Å². The average Bonchev–Trinajstić information content (AvgIpc) is 2.14. The van der Waals surface area contributed by atoms with E-state index >= 15 is 0 Å². The maximum Gasteiger partial charge on any atom is 0.137 e. The number of likely N-dealkylation sites (tertiary alicyclic amines) is 1. The van der Waals surface area contributed by atoms with E-state index in [4.69, 9.17) is 23.2 Å². The van der Waals surface area contributed by atoms with Crippen LogP contribution in [0.3, 0.4) is 0 Å². The van der Waals surface area contributed by atoms with Crippen LogP contribution in [-0.2, 0) is 6.42 Å². The number of rotatable bonds is 3. The van der Waals surface area contributed by atoms with Crippen LogP contribution in [0.4, 0.5) is 0 Å². The van der Waals surface area contributed by atoms with Crippen LogP contribution in [0.2, 0.25) is 10.3 Å². The second-order valence-electron chi connectivity index (χ2n) is 3.86. The standard InChI is InChI=1S/C10H13Cl2N3/c1-2-15-4-7(5-15)3-8-9(11)13-6-14-10(8)12/h6-7H,2-5H2,1H3. The molecule has 0 saturated carbocycles. The molecule has 1 aromatic rings. The van der Waals surface area contributed by atoms with Gasteiger partial charge in [-0.05, 0) is 18.9 Å². The molecular weight excluding hydrogens is 233 g/mol. The predicted octanol–water partition coefficient (Wildman–Crippen LogP) is 2.28. The lowest BCUT2D eigenvalue weighted by Gasteiger charge is -2.38. The normalized spacial score (nSPS) is 17.8. The van der Waals surface area contributed by atoms with Crippen LogP contribution in [0.15, 0.2) is 6.33 Å². The van der Waals surface area contributed by atoms with Crippen molar-refractivity contribution in [3.8, 4) is 0 Å². The number of aromatic nitrogens is 2. The Labute approximate surface area is 99.4 Å². The van der Waals surface area contributed by atoms with Crippen LogP contribution >= 0.6 is 23.2 Å². The fraction of sp³-hybridized carbons (Fsp3) is 0.600. The van der Waals surface area contributed by atoms with Crippen molar-refractivity contribution in [3.05, 3.63) is 22.2 Å². The molecule has 0 amide bonds. The van der Waals surface area contributed by atoms with Crippen molar-refractivity contribution in [2.45, 2.75) is 13.3 Å². The molecule has 2 heterocycles. The lowest BCUT2D eigenvalue weighted by Crippen LogP contribution is -2.47. The molecule has 2 rings (SSSR count). The van der Waals surface area contributed by atoms with Gasteiger partial charge in [-0.2, -0.15) is 0 Å². The topological polar surface area (TPSA) is 29.0 Å². The second-order valence-corrected chi connectivity index (χ2v) is 4.57. The molecule has 0 radical (unpaired) electrons. The minimum Gasteiger partial charge on any atom is -0.303 e. The van der Waals surface area contributed by atoms with Gasteiger partial charge < -0.3 is 4.90 Å². The Kier molecular flexibility index (Phi) is 3.44. The molecule has 1 fully saturated rings. The fourth-order valence-corrected chi connectivity index (χ4v) is 2.36. The van der Waals surface area contributed by atoms with Gasteiger partial charge in [0.1, 0.15) is 16.6 Å². The minimum atomic E-state index is 0.491. The first-order valence-corrected chi connectivity index (χ1v) is 5.83. The van der Waals surface area contributed by atoms with Crippen LogP contribution < -0.4 is 0 Å². The van der Waals surface area contributed by atoms with Gasteiger partial charge in [-0.1, -0.05) is 30.1 Å². The average molecular weight is 246 g/mol. The first-order chi connectivity index (χ1) is 7.20. The third-order valence-electron chi connectivity index (χ3n) is 2.81. The molecule has 0 aliphatic carbocycles. The summed E-state index contributed by atoms with van der Waals surface area (Å²) in [6.45, 7) is 5.53. The summed E-state index contributed by atoms with van der Waals surface area (Å²) in [5.41, 5.74) is 0.890. The molecule has 0 bridgehead atoms. The fourth-order valence-electron chi connectivity index (χ4n) is 1.89. The highest BCUT2D eigenvalue weighted by Gasteiger charge is 2.26. The molecule has 1 aromatic heterocycles. The van der Waals surface area contributed by atoms with Crippen molar-refractivity contribution < 1.29 is 0 Å². The first-order valence-electron chi connectivity index (χ1n) is 5.08. The quantitative estimate of drug-likeness (QED) is 0.766. The number of hydrogen-bond acceptors (Lipinski definition) is 3. The Bertz CT molecular complexity index is 330. The maximum atomic E-state index is 5.98. The Morgan fingerprint density at radius 1 is 1.33 bits per heavy atom. The summed E-state index contributed by atoms with van der Waals surface area (Å²) in [5, 5.41) is 0.981. The third kappa shape index (κ3) is 2.41. The molecule has 5 heteroatoms. The summed E-state index contributed by atoms with van der Waals surface area (Å²) >= 11 is 12.0. The molecule has 1 aliphatic rings. The van der Waals surface area contributed by atoms with Crippen molar-refractivity contribution >= 4 is 23.2 Å². The smallest absolute Gasteiger partial charge is 0.137 e. The first kappa shape index (κ1) is 11.1. The van der Waals surface area contributed by atoms with Gasteiger partial charge in [0.05, 0.1) is 0 Å². The minimum absolute atomic E-state index is 0.491. The Balaban J connectivity index is 2.00. The van der Waals surface area contributed by atoms with Crippen LogP contribution in [0, 0.1) is 5.92 Å². The van der Waals surface area contributed by atoms with E-state index in [1.165, 1.54) is 6.33 Å². The van der Waals surface area contributed by atoms with Gasteiger partial charge >= 0.3 is 0 Å². The molecule has 1 saturated heterocycles. The van der Waals surface area contributed by atoms with E-state index < -0.39 is 0 Å². The molecule has 0 spiro atoms. The van der Waals surface area contributed by atoms with Gasteiger partial charge in [0, 0.05) is 18.7 Å². The number of hydrogen-bond donors (Lipinski definition) is 0. The molecule has 0 aromatic carbocycles. The van der Waals surface area contributed by atoms with E-state index in [0.29, 0.717) is 16.2 Å². The van der Waals surface area contributed by atoms with Crippen molar-refractivity contribution in [3.63, 3.8) is 0 Å². The van der Waals surface area contributed by atoms with Crippen LogP contribution in [0.5, 0.6) is 0 Å². The molecule has 0 unspecified atom stereocenters. The van der Waals surface area contributed by atoms with Gasteiger partial charge in [0.25, 0.3) is 0 Å². The van der Waals surface area contributed by atoms with Gasteiger partial charge in [0.2, 0.25) is 0 Å². The van der Waals surface area contributed by atoms with Gasteiger partial charge in [-0.25, -0.2) is 9.97 Å². The van der Waals surface area contributed by atoms with Crippen LogP contribution in [-0.4, -0.2) is 34.5 Å². The molecule has 0 N–H and O–H groups in total. The summed E-state index contributed by atoms with van der Waals surface area (Å²) in [6.07, 6.45) is 2.28. The number of nitrogens with zero attached hydrogens (tertiary/aromatic N) is 3. The van der Waals surface area contributed by atoms with E-state index in [0.717, 1.165) is 31.6 Å². The zero-order valence-corrected chi connectivity index (χ0v) is 10.1. The van der Waals surface area contributed by atoms with Gasteiger partial charge in [0.15, 0.2) is 0 Å². The Morgan fingerprint density at radius 3 is 2.47 bits per heavy atom. The van der Waals surface area contributed by atoms with Crippen LogP contribution in [0.1, 0.15) is 12.5 Å². The highest BCUT2D eigenvalue weighted by atomic mass is 35.5. The largest absolute Gasteiger partial charge is 0.303 e. The highest BCUT2D eigenvalue weighted by Crippen LogP contribution is 2.26. The van der Waals surface area contributed by atoms with Crippen LogP contribution in [0.25, 0.3) is 0 Å². The SMILES string of the molecule is CCN1CC(Cc2c(Cl)ncnc2Cl)C1. The molecule has 15 heavy (non-hydrogen) atoms. The van der Waals surface area contributed by atoms with E-state index in [1.807, 2.05) is 0 Å². The summed E-state index contributed by atoms with van der Waals surface area (Å²) in [5.74, 6) is 0.644. The summed E-state index contributed by atoms with van der Waals surface area (Å²) in [4.78, 5) is 10.3. The summed E-state index contributed by atoms with van der Waals surface area (Å²) < 4.78 is 0. The lowest BCUT2D eigenvalue weighted by molar-refractivity contribution is 0.108. The molecule has 3 nitrogen and oxygen atoms in total. The molecule has 1 aliphatic heterocycles. The third-order valence-corrected chi connectivity index (χ3v) is 3.46. The van der Waals surface area contributed by atoms with Crippen molar-refractivity contribution in [2.75, 3.05) is 19.6 Å². The van der Waals surface area contributed by atoms with Gasteiger partial charge in [-0.3, -0.25) is 0 Å². The molecule has 82 valence electrons. The Morgan fingerprint density at radius 2 is 1.93 bits per heavy atom. The maximum absolute atomic E-state index is 5.98. The van der Waals surface area contributed by atoms with E-state index in [-0.39, 0.29) is 0 Å². The lowest BCUT2D eigenvalue weighted by atomic mass is 9.93. The zero-order chi connectivity index (χ0) is 10.8. The second kappa shape index (κ2) is 4.64. The summed E-state index contributed by atoms with van der Waals surface area (Å²) in [7, 11) is 0. The highest BCUT2D eigenvalue weighted by molar-refractivity contribution is 6.34. The molecular formula is C10H13Cl2N3. The van der Waals surface area contributed by atoms with E-state index in [1.54, 1.807) is 0 Å². The monoisotopic (exact) mass is 245 g/mol. The van der Waals surface area contributed by atoms with E-state index in [2.05, 4.69) is 21.8 Å². The van der Waals surface area contributed by atoms with Crippen molar-refractivity contribution in [1.29, 1.82) is 0 Å². The zero-order valence-electron chi connectivity index (χ0n) is 8.58.